The molecule has 0 atom stereocenters. The van der Waals surface area contributed by atoms with Crippen molar-refractivity contribution in [1.82, 2.24) is 4.98 Å². The molecule has 2 rings (SSSR count). The van der Waals surface area contributed by atoms with Gasteiger partial charge in [-0.25, -0.2) is 4.98 Å². The number of nitrogens with two attached hydrogens (primary N) is 1. The van der Waals surface area contributed by atoms with Gasteiger partial charge in [0.2, 0.25) is 0 Å². The minimum Gasteiger partial charge on any atom is -0.383 e. The summed E-state index contributed by atoms with van der Waals surface area (Å²) < 4.78 is 1.12. The second-order valence-corrected chi connectivity index (χ2v) is 4.75. The maximum absolute atomic E-state index is 5.57. The summed E-state index contributed by atoms with van der Waals surface area (Å²) in [7, 11) is 0. The molecule has 0 aliphatic carbocycles. The fraction of sp³-hybridized carbons (Fsp3) is 0.100. The van der Waals surface area contributed by atoms with Crippen LogP contribution in [0.5, 0.6) is 0 Å². The van der Waals surface area contributed by atoms with E-state index in [0.29, 0.717) is 5.82 Å². The van der Waals surface area contributed by atoms with Crippen LogP contribution >= 0.6 is 27.3 Å². The first-order valence-electron chi connectivity index (χ1n) is 4.14. The molecule has 0 saturated heterocycles. The fourth-order valence-corrected chi connectivity index (χ4v) is 2.15. The Hall–Kier alpha value is -0.870. The standard InChI is InChI=1S/C10H9BrN2S/c1-6-4-7(2-3-8(6)11)10-13-9(12)5-14-10/h2-5H,12H2,1H3. The predicted molar refractivity (Wildman–Crippen MR) is 64.4 cm³/mol. The van der Waals surface area contributed by atoms with Crippen LogP contribution < -0.4 is 5.73 Å². The molecule has 1 heterocycles. The smallest absolute Gasteiger partial charge is 0.135 e. The van der Waals surface area contributed by atoms with Gasteiger partial charge in [0.25, 0.3) is 0 Å². The number of aryl methyl sites for hydroxylation is 1. The van der Waals surface area contributed by atoms with Crippen molar-refractivity contribution < 1.29 is 0 Å². The number of halogens is 1. The average Bonchev–Trinajstić information content (AvgIpc) is 2.57. The first-order valence-corrected chi connectivity index (χ1v) is 5.81. The molecule has 0 unspecified atom stereocenters. The number of anilines is 1. The van der Waals surface area contributed by atoms with Crippen molar-refractivity contribution in [2.45, 2.75) is 6.92 Å². The molecule has 2 aromatic rings. The van der Waals surface area contributed by atoms with Gasteiger partial charge < -0.3 is 5.73 Å². The molecule has 1 aromatic heterocycles. The van der Waals surface area contributed by atoms with Crippen molar-refractivity contribution >= 4 is 33.1 Å². The number of rotatable bonds is 1. The van der Waals surface area contributed by atoms with Crippen molar-refractivity contribution in [2.75, 3.05) is 5.73 Å². The summed E-state index contributed by atoms with van der Waals surface area (Å²) in [5, 5.41) is 2.82. The first-order chi connectivity index (χ1) is 6.66. The van der Waals surface area contributed by atoms with Crippen LogP contribution in [0, 0.1) is 6.92 Å². The normalized spacial score (nSPS) is 10.4. The van der Waals surface area contributed by atoms with Crippen LogP contribution in [0.3, 0.4) is 0 Å². The van der Waals surface area contributed by atoms with E-state index < -0.39 is 0 Å². The van der Waals surface area contributed by atoms with E-state index in [1.807, 2.05) is 17.5 Å². The van der Waals surface area contributed by atoms with E-state index in [1.165, 1.54) is 5.56 Å². The molecule has 0 saturated carbocycles. The summed E-state index contributed by atoms with van der Waals surface area (Å²) in [4.78, 5) is 4.23. The summed E-state index contributed by atoms with van der Waals surface area (Å²) >= 11 is 5.03. The second kappa shape index (κ2) is 3.71. The Kier molecular flexibility index (Phi) is 2.56. The SMILES string of the molecule is Cc1cc(-c2nc(N)cs2)ccc1Br. The van der Waals surface area contributed by atoms with E-state index in [2.05, 4.69) is 33.9 Å². The zero-order valence-electron chi connectivity index (χ0n) is 7.62. The largest absolute Gasteiger partial charge is 0.383 e. The highest BCUT2D eigenvalue weighted by molar-refractivity contribution is 9.10. The van der Waals surface area contributed by atoms with Crippen molar-refractivity contribution in [3.63, 3.8) is 0 Å². The average molecular weight is 269 g/mol. The van der Waals surface area contributed by atoms with Gasteiger partial charge >= 0.3 is 0 Å². The third-order valence-corrected chi connectivity index (χ3v) is 3.73. The van der Waals surface area contributed by atoms with Gasteiger partial charge in [0.15, 0.2) is 0 Å². The Morgan fingerprint density at radius 2 is 2.21 bits per heavy atom. The molecule has 4 heteroatoms. The van der Waals surface area contributed by atoms with Gasteiger partial charge in [-0.2, -0.15) is 0 Å². The zero-order valence-corrected chi connectivity index (χ0v) is 10.0. The zero-order chi connectivity index (χ0) is 10.1. The molecule has 0 spiro atoms. The van der Waals surface area contributed by atoms with Gasteiger partial charge in [-0.05, 0) is 24.6 Å². The fourth-order valence-electron chi connectivity index (χ4n) is 1.20. The minimum atomic E-state index is 0.588. The molecule has 0 aliphatic heterocycles. The van der Waals surface area contributed by atoms with E-state index >= 15 is 0 Å². The molecule has 1 aromatic carbocycles. The van der Waals surface area contributed by atoms with Crippen LogP contribution in [-0.4, -0.2) is 4.98 Å². The summed E-state index contributed by atoms with van der Waals surface area (Å²) in [5.74, 6) is 0.588. The topological polar surface area (TPSA) is 38.9 Å². The number of hydrogen-bond donors (Lipinski definition) is 1. The highest BCUT2D eigenvalue weighted by Crippen LogP contribution is 2.27. The lowest BCUT2D eigenvalue weighted by Crippen LogP contribution is -1.84. The van der Waals surface area contributed by atoms with Crippen LogP contribution in [0.2, 0.25) is 0 Å². The Morgan fingerprint density at radius 3 is 2.79 bits per heavy atom. The molecular formula is C10H9BrN2S. The lowest BCUT2D eigenvalue weighted by Gasteiger charge is -2.00. The maximum atomic E-state index is 5.57. The highest BCUT2D eigenvalue weighted by Gasteiger charge is 2.03. The number of nitrogens with zero attached hydrogens (tertiary/aromatic N) is 1. The maximum Gasteiger partial charge on any atom is 0.135 e. The number of nitrogen functional groups attached to an aromatic ring is 1. The molecule has 0 amide bonds. The Bertz CT molecular complexity index is 465. The van der Waals surface area contributed by atoms with Gasteiger partial charge in [-0.15, -0.1) is 11.3 Å². The third-order valence-electron chi connectivity index (χ3n) is 1.93. The molecule has 0 fully saturated rings. The molecular weight excluding hydrogens is 260 g/mol. The molecule has 14 heavy (non-hydrogen) atoms. The van der Waals surface area contributed by atoms with E-state index in [4.69, 9.17) is 5.73 Å². The monoisotopic (exact) mass is 268 g/mol. The summed E-state index contributed by atoms with van der Waals surface area (Å²) in [6.07, 6.45) is 0. The van der Waals surface area contributed by atoms with Crippen LogP contribution in [0.25, 0.3) is 10.6 Å². The lowest BCUT2D eigenvalue weighted by atomic mass is 10.1. The minimum absolute atomic E-state index is 0.588. The van der Waals surface area contributed by atoms with E-state index in [-0.39, 0.29) is 0 Å². The van der Waals surface area contributed by atoms with E-state index in [1.54, 1.807) is 11.3 Å². The predicted octanol–water partition coefficient (Wildman–Crippen LogP) is 3.46. The summed E-state index contributed by atoms with van der Waals surface area (Å²) in [6, 6.07) is 6.17. The van der Waals surface area contributed by atoms with Crippen LogP contribution in [0.1, 0.15) is 5.56 Å². The van der Waals surface area contributed by atoms with Gasteiger partial charge in [-0.3, -0.25) is 0 Å². The van der Waals surface area contributed by atoms with E-state index in [0.717, 1.165) is 15.0 Å². The van der Waals surface area contributed by atoms with Crippen LogP contribution in [-0.2, 0) is 0 Å². The summed E-state index contributed by atoms with van der Waals surface area (Å²) in [6.45, 7) is 2.06. The number of aromatic nitrogens is 1. The number of hydrogen-bond acceptors (Lipinski definition) is 3. The quantitative estimate of drug-likeness (QED) is 0.861. The molecule has 0 radical (unpaired) electrons. The molecule has 0 bridgehead atoms. The van der Waals surface area contributed by atoms with Crippen molar-refractivity contribution in [2.24, 2.45) is 0 Å². The Labute approximate surface area is 94.9 Å². The first kappa shape index (κ1) is 9.68. The molecule has 2 nitrogen and oxygen atoms in total. The number of thiazole rings is 1. The summed E-state index contributed by atoms with van der Waals surface area (Å²) in [5.41, 5.74) is 7.90. The lowest BCUT2D eigenvalue weighted by molar-refractivity contribution is 1.38. The van der Waals surface area contributed by atoms with E-state index in [9.17, 15) is 0 Å². The molecule has 0 aliphatic rings. The van der Waals surface area contributed by atoms with Crippen molar-refractivity contribution in [1.29, 1.82) is 0 Å². The Morgan fingerprint density at radius 1 is 1.43 bits per heavy atom. The second-order valence-electron chi connectivity index (χ2n) is 3.04. The third kappa shape index (κ3) is 1.81. The van der Waals surface area contributed by atoms with Gasteiger partial charge in [0.1, 0.15) is 10.8 Å². The van der Waals surface area contributed by atoms with Gasteiger partial charge in [-0.1, -0.05) is 22.0 Å². The van der Waals surface area contributed by atoms with Crippen LogP contribution in [0.4, 0.5) is 5.82 Å². The highest BCUT2D eigenvalue weighted by atomic mass is 79.9. The van der Waals surface area contributed by atoms with Gasteiger partial charge in [0.05, 0.1) is 0 Å². The Balaban J connectivity index is 2.47. The number of benzene rings is 1. The van der Waals surface area contributed by atoms with Crippen molar-refractivity contribution in [3.05, 3.63) is 33.6 Å². The van der Waals surface area contributed by atoms with Crippen molar-refractivity contribution in [3.8, 4) is 10.6 Å². The van der Waals surface area contributed by atoms with Crippen LogP contribution in [0.15, 0.2) is 28.1 Å². The molecule has 2 N–H and O–H groups in total. The van der Waals surface area contributed by atoms with Gasteiger partial charge in [0, 0.05) is 15.4 Å². The molecule has 72 valence electrons.